The van der Waals surface area contributed by atoms with Gasteiger partial charge in [-0.1, -0.05) is 11.6 Å². The van der Waals surface area contributed by atoms with E-state index in [-0.39, 0.29) is 27.4 Å². The number of benzene rings is 1. The molecule has 0 aliphatic heterocycles. The summed E-state index contributed by atoms with van der Waals surface area (Å²) in [5.41, 5.74) is 0.267. The number of carbonyl (C=O) groups is 2. The summed E-state index contributed by atoms with van der Waals surface area (Å²) < 4.78 is 28.6. The Morgan fingerprint density at radius 1 is 1.41 bits per heavy atom. The molecule has 1 aromatic carbocycles. The number of nitrogens with zero attached hydrogens (tertiary/aromatic N) is 2. The van der Waals surface area contributed by atoms with Crippen molar-refractivity contribution < 1.29 is 18.4 Å². The second-order valence-electron chi connectivity index (χ2n) is 4.88. The number of Topliss-reactive ketones (excluding diaryl/α,β-unsaturated/α-hetero) is 1. The van der Waals surface area contributed by atoms with Gasteiger partial charge in [0.2, 0.25) is 5.78 Å². The van der Waals surface area contributed by atoms with Crippen molar-refractivity contribution >= 4 is 23.7 Å². The van der Waals surface area contributed by atoms with Crippen LogP contribution in [-0.4, -0.2) is 22.6 Å². The Morgan fingerprint density at radius 2 is 2.14 bits per heavy atom. The molecule has 1 aliphatic rings. The molecule has 1 aromatic heterocycles. The summed E-state index contributed by atoms with van der Waals surface area (Å²) in [6.07, 6.45) is 0.907. The quantitative estimate of drug-likeness (QED) is 0.798. The molecule has 0 N–H and O–H groups in total. The molecule has 1 aliphatic carbocycles. The summed E-state index contributed by atoms with van der Waals surface area (Å²) in [6, 6.07) is 6.29. The van der Waals surface area contributed by atoms with E-state index in [4.69, 9.17) is 16.9 Å². The van der Waals surface area contributed by atoms with Crippen LogP contribution in [0.15, 0.2) is 24.4 Å². The minimum absolute atomic E-state index is 0.0586. The van der Waals surface area contributed by atoms with E-state index < -0.39 is 18.1 Å². The van der Waals surface area contributed by atoms with Crippen molar-refractivity contribution in [2.75, 3.05) is 0 Å². The van der Waals surface area contributed by atoms with E-state index in [0.717, 1.165) is 0 Å². The van der Waals surface area contributed by atoms with Gasteiger partial charge in [-0.3, -0.25) is 9.59 Å². The number of aromatic nitrogens is 1. The summed E-state index contributed by atoms with van der Waals surface area (Å²) in [4.78, 5) is 22.8. The van der Waals surface area contributed by atoms with Crippen molar-refractivity contribution in [3.8, 4) is 11.8 Å². The maximum atomic E-state index is 13.6. The minimum atomic E-state index is -3.52. The molecule has 0 saturated heterocycles. The van der Waals surface area contributed by atoms with E-state index >= 15 is 0 Å². The largest absolute Gasteiger partial charge is 0.319 e. The molecule has 1 heterocycles. The van der Waals surface area contributed by atoms with E-state index in [2.05, 4.69) is 0 Å². The first-order chi connectivity index (χ1) is 10.4. The van der Waals surface area contributed by atoms with Crippen LogP contribution in [0, 0.1) is 11.3 Å². The summed E-state index contributed by atoms with van der Waals surface area (Å²) in [5, 5.41) is 9.21. The molecule has 3 rings (SSSR count). The number of carbonyl (C=O) groups excluding carboxylic acids is 2. The Labute approximate surface area is 128 Å². The fraction of sp³-hybridized carbons (Fsp3) is 0.133. The summed E-state index contributed by atoms with van der Waals surface area (Å²) in [5.74, 6) is -4.87. The third-order valence-corrected chi connectivity index (χ3v) is 3.89. The number of hydrogen-bond donors (Lipinski definition) is 0. The van der Waals surface area contributed by atoms with Crippen LogP contribution in [0.2, 0.25) is 5.02 Å². The van der Waals surface area contributed by atoms with Gasteiger partial charge in [0.25, 0.3) is 0 Å². The standard InChI is InChI=1S/C15H7ClF2N2O2/c16-11-2-1-10(3-8(11)5-19)20-6-9(7-21)13-12(20)4-15(17,18)14(13)22/h1-3,6-7H,4H2. The molecule has 0 amide bonds. The van der Waals surface area contributed by atoms with Crippen molar-refractivity contribution in [2.45, 2.75) is 12.3 Å². The van der Waals surface area contributed by atoms with Crippen molar-refractivity contribution in [1.29, 1.82) is 5.26 Å². The van der Waals surface area contributed by atoms with E-state index in [1.165, 1.54) is 29.0 Å². The lowest BCUT2D eigenvalue weighted by atomic mass is 10.1. The second-order valence-corrected chi connectivity index (χ2v) is 5.29. The molecule has 7 heteroatoms. The zero-order valence-corrected chi connectivity index (χ0v) is 11.7. The van der Waals surface area contributed by atoms with E-state index in [1.807, 2.05) is 6.07 Å². The topological polar surface area (TPSA) is 62.9 Å². The van der Waals surface area contributed by atoms with Crippen LogP contribution in [0.1, 0.15) is 32.0 Å². The molecule has 0 atom stereocenters. The number of halogens is 3. The van der Waals surface area contributed by atoms with Crippen LogP contribution < -0.4 is 0 Å². The number of nitriles is 1. The van der Waals surface area contributed by atoms with Gasteiger partial charge >= 0.3 is 5.92 Å². The molecule has 0 saturated carbocycles. The van der Waals surface area contributed by atoms with E-state index in [1.54, 1.807) is 0 Å². The third kappa shape index (κ3) is 1.94. The van der Waals surface area contributed by atoms with Gasteiger partial charge in [-0.05, 0) is 18.2 Å². The van der Waals surface area contributed by atoms with Crippen LogP contribution in [0.4, 0.5) is 8.78 Å². The van der Waals surface area contributed by atoms with Crippen molar-refractivity contribution in [3.63, 3.8) is 0 Å². The maximum Gasteiger partial charge on any atom is 0.315 e. The molecule has 0 unspecified atom stereocenters. The van der Waals surface area contributed by atoms with Crippen molar-refractivity contribution in [2.24, 2.45) is 0 Å². The number of aldehydes is 1. The molecular formula is C15H7ClF2N2O2. The summed E-state index contributed by atoms with van der Waals surface area (Å²) in [7, 11) is 0. The molecular weight excluding hydrogens is 314 g/mol. The minimum Gasteiger partial charge on any atom is -0.319 e. The zero-order valence-electron chi connectivity index (χ0n) is 10.9. The molecule has 22 heavy (non-hydrogen) atoms. The average molecular weight is 321 g/mol. The van der Waals surface area contributed by atoms with Gasteiger partial charge in [0.05, 0.1) is 22.6 Å². The first-order valence-electron chi connectivity index (χ1n) is 6.21. The van der Waals surface area contributed by atoms with Gasteiger partial charge in [-0.15, -0.1) is 0 Å². The summed E-state index contributed by atoms with van der Waals surface area (Å²) in [6.45, 7) is 0. The maximum absolute atomic E-state index is 13.6. The van der Waals surface area contributed by atoms with Crippen LogP contribution in [0.3, 0.4) is 0 Å². The van der Waals surface area contributed by atoms with Gasteiger partial charge in [0.15, 0.2) is 6.29 Å². The lowest BCUT2D eigenvalue weighted by Crippen LogP contribution is -2.25. The Bertz CT molecular complexity index is 865. The highest BCUT2D eigenvalue weighted by Crippen LogP contribution is 2.38. The summed E-state index contributed by atoms with van der Waals surface area (Å²) >= 11 is 5.84. The SMILES string of the molecule is N#Cc1cc(-n2cc(C=O)c3c2CC(F)(F)C3=O)ccc1Cl. The highest BCUT2D eigenvalue weighted by molar-refractivity contribution is 6.31. The molecule has 0 fully saturated rings. The number of alkyl halides is 2. The van der Waals surface area contributed by atoms with Crippen LogP contribution in [0.5, 0.6) is 0 Å². The fourth-order valence-electron chi connectivity index (χ4n) is 2.55. The fourth-order valence-corrected chi connectivity index (χ4v) is 2.71. The second kappa shape index (κ2) is 4.75. The van der Waals surface area contributed by atoms with Gasteiger partial charge < -0.3 is 4.57 Å². The lowest BCUT2D eigenvalue weighted by Gasteiger charge is -2.10. The van der Waals surface area contributed by atoms with Crippen molar-refractivity contribution in [3.05, 3.63) is 51.8 Å². The monoisotopic (exact) mass is 320 g/mol. The van der Waals surface area contributed by atoms with Gasteiger partial charge in [0.1, 0.15) is 6.07 Å². The smallest absolute Gasteiger partial charge is 0.315 e. The Balaban J connectivity index is 2.24. The van der Waals surface area contributed by atoms with E-state index in [0.29, 0.717) is 12.0 Å². The lowest BCUT2D eigenvalue weighted by molar-refractivity contribution is 0.0161. The first-order valence-corrected chi connectivity index (χ1v) is 6.59. The van der Waals surface area contributed by atoms with Gasteiger partial charge in [0, 0.05) is 23.1 Å². The number of fused-ring (bicyclic) bond motifs is 1. The highest BCUT2D eigenvalue weighted by Gasteiger charge is 2.50. The zero-order chi connectivity index (χ0) is 16.1. The predicted molar refractivity (Wildman–Crippen MR) is 73.9 cm³/mol. The molecule has 4 nitrogen and oxygen atoms in total. The number of rotatable bonds is 2. The van der Waals surface area contributed by atoms with Crippen LogP contribution >= 0.6 is 11.6 Å². The molecule has 0 spiro atoms. The van der Waals surface area contributed by atoms with E-state index in [9.17, 15) is 18.4 Å². The van der Waals surface area contributed by atoms with Crippen molar-refractivity contribution in [1.82, 2.24) is 4.57 Å². The van der Waals surface area contributed by atoms with Gasteiger partial charge in [-0.2, -0.15) is 14.0 Å². The average Bonchev–Trinajstić information content (AvgIpc) is 2.95. The molecule has 0 radical (unpaired) electrons. The van der Waals surface area contributed by atoms with Crippen LogP contribution in [-0.2, 0) is 6.42 Å². The highest BCUT2D eigenvalue weighted by atomic mass is 35.5. The Morgan fingerprint density at radius 3 is 2.77 bits per heavy atom. The molecule has 0 bridgehead atoms. The normalized spacial score (nSPS) is 15.5. The first kappa shape index (κ1) is 14.4. The predicted octanol–water partition coefficient (Wildman–Crippen LogP) is 3.19. The van der Waals surface area contributed by atoms with Gasteiger partial charge in [-0.25, -0.2) is 0 Å². The Hall–Kier alpha value is -2.52. The van der Waals surface area contributed by atoms with Crippen LogP contribution in [0.25, 0.3) is 5.69 Å². The number of hydrogen-bond acceptors (Lipinski definition) is 3. The third-order valence-electron chi connectivity index (χ3n) is 3.56. The number of ketones is 1. The Kier molecular flexibility index (Phi) is 3.11. The molecule has 2 aromatic rings. The molecule has 110 valence electrons.